The maximum atomic E-state index is 12.2. The highest BCUT2D eigenvalue weighted by Gasteiger charge is 2.27. The van der Waals surface area contributed by atoms with Gasteiger partial charge in [-0.05, 0) is 13.0 Å². The zero-order chi connectivity index (χ0) is 13.9. The second-order valence-corrected chi connectivity index (χ2v) is 5.39. The summed E-state index contributed by atoms with van der Waals surface area (Å²) in [7, 11) is 0. The van der Waals surface area contributed by atoms with E-state index in [4.69, 9.17) is 4.74 Å². The Kier molecular flexibility index (Phi) is 4.27. The summed E-state index contributed by atoms with van der Waals surface area (Å²) in [5.41, 5.74) is 0.0843. The first-order chi connectivity index (χ1) is 8.23. The van der Waals surface area contributed by atoms with Gasteiger partial charge in [-0.2, -0.15) is 5.10 Å². The van der Waals surface area contributed by atoms with Crippen molar-refractivity contribution in [2.75, 3.05) is 6.61 Å². The number of aromatic nitrogens is 2. The summed E-state index contributed by atoms with van der Waals surface area (Å²) in [5.74, 6) is -0.313. The zero-order valence-corrected chi connectivity index (χ0v) is 11.6. The molecule has 0 aromatic carbocycles. The third-order valence-electron chi connectivity index (χ3n) is 2.53. The van der Waals surface area contributed by atoms with Crippen LogP contribution in [0.3, 0.4) is 0 Å². The molecule has 100 valence electrons. The van der Waals surface area contributed by atoms with Gasteiger partial charge in [0.25, 0.3) is 0 Å². The Hall–Kier alpha value is -1.65. The van der Waals surface area contributed by atoms with Gasteiger partial charge in [0.1, 0.15) is 12.3 Å². The van der Waals surface area contributed by atoms with Gasteiger partial charge >= 0.3 is 5.97 Å². The molecule has 1 aromatic heterocycles. The molecule has 0 saturated carbocycles. The molecule has 0 saturated heterocycles. The Bertz CT molecular complexity index is 443. The van der Waals surface area contributed by atoms with E-state index in [9.17, 15) is 9.59 Å². The summed E-state index contributed by atoms with van der Waals surface area (Å²) in [6.07, 6.45) is 1.59. The van der Waals surface area contributed by atoms with Crippen LogP contribution in [-0.4, -0.2) is 28.1 Å². The second kappa shape index (κ2) is 5.33. The Morgan fingerprint density at radius 1 is 1.44 bits per heavy atom. The lowest BCUT2D eigenvalue weighted by molar-refractivity contribution is -0.142. The maximum absolute atomic E-state index is 12.2. The molecule has 0 aliphatic rings. The molecule has 1 aromatic rings. The summed E-state index contributed by atoms with van der Waals surface area (Å²) < 4.78 is 6.54. The molecule has 18 heavy (non-hydrogen) atoms. The third-order valence-corrected chi connectivity index (χ3v) is 2.53. The summed E-state index contributed by atoms with van der Waals surface area (Å²) >= 11 is 0. The smallest absolute Gasteiger partial charge is 0.302 e. The number of nitrogens with zero attached hydrogens (tertiary/aromatic N) is 2. The highest BCUT2D eigenvalue weighted by Crippen LogP contribution is 2.22. The lowest BCUT2D eigenvalue weighted by atomic mass is 9.89. The molecule has 0 fully saturated rings. The summed E-state index contributed by atoms with van der Waals surface area (Å²) in [4.78, 5) is 23.0. The van der Waals surface area contributed by atoms with Gasteiger partial charge in [0.15, 0.2) is 5.78 Å². The number of carbonyl (C=O) groups excluding carboxylic acids is 2. The summed E-state index contributed by atoms with van der Waals surface area (Å²) in [5, 5.41) is 4.13. The van der Waals surface area contributed by atoms with Crippen LogP contribution in [0.15, 0.2) is 12.3 Å². The number of carbonyl (C=O) groups is 2. The molecular formula is C13H20N2O3. The number of Topliss-reactive ketones (excluding diaryl/α,β-unsaturated/α-hetero) is 1. The van der Waals surface area contributed by atoms with E-state index in [1.165, 1.54) is 6.92 Å². The van der Waals surface area contributed by atoms with Crippen molar-refractivity contribution in [3.05, 3.63) is 18.0 Å². The quantitative estimate of drug-likeness (QED) is 0.609. The molecule has 5 nitrogen and oxygen atoms in total. The molecular weight excluding hydrogens is 232 g/mol. The van der Waals surface area contributed by atoms with Crippen molar-refractivity contribution >= 4 is 11.8 Å². The van der Waals surface area contributed by atoms with Crippen LogP contribution in [-0.2, 0) is 9.53 Å². The lowest BCUT2D eigenvalue weighted by Gasteiger charge is -2.20. The van der Waals surface area contributed by atoms with E-state index in [0.717, 1.165) is 0 Å². The molecule has 1 heterocycles. The van der Waals surface area contributed by atoms with E-state index < -0.39 is 5.41 Å². The van der Waals surface area contributed by atoms with E-state index in [1.54, 1.807) is 16.9 Å². The molecule has 1 atom stereocenters. The fourth-order valence-corrected chi connectivity index (χ4v) is 1.54. The highest BCUT2D eigenvalue weighted by atomic mass is 16.5. The predicted octanol–water partition coefficient (Wildman–Crippen LogP) is 2.24. The first kappa shape index (κ1) is 14.4. The molecule has 1 rings (SSSR count). The average molecular weight is 252 g/mol. The number of hydrogen-bond acceptors (Lipinski definition) is 4. The van der Waals surface area contributed by atoms with Crippen molar-refractivity contribution < 1.29 is 14.3 Å². The molecule has 0 radical (unpaired) electrons. The van der Waals surface area contributed by atoms with Gasteiger partial charge in [-0.3, -0.25) is 14.3 Å². The average Bonchev–Trinajstić information content (AvgIpc) is 2.71. The fourth-order valence-electron chi connectivity index (χ4n) is 1.54. The Labute approximate surface area is 107 Å². The van der Waals surface area contributed by atoms with Gasteiger partial charge in [-0.15, -0.1) is 0 Å². The lowest BCUT2D eigenvalue weighted by Crippen LogP contribution is -2.26. The van der Waals surface area contributed by atoms with E-state index in [1.807, 2.05) is 27.7 Å². The molecule has 0 bridgehead atoms. The number of rotatable bonds is 4. The number of hydrogen-bond donors (Lipinski definition) is 0. The van der Waals surface area contributed by atoms with Crippen molar-refractivity contribution in [2.24, 2.45) is 5.41 Å². The second-order valence-electron chi connectivity index (χ2n) is 5.39. The summed E-state index contributed by atoms with van der Waals surface area (Å²) in [6.45, 7) is 9.02. The Morgan fingerprint density at radius 3 is 2.56 bits per heavy atom. The van der Waals surface area contributed by atoms with Gasteiger partial charge in [0.05, 0.1) is 6.04 Å². The van der Waals surface area contributed by atoms with Crippen molar-refractivity contribution in [1.82, 2.24) is 9.78 Å². The van der Waals surface area contributed by atoms with Gasteiger partial charge in [-0.1, -0.05) is 20.8 Å². The zero-order valence-electron chi connectivity index (χ0n) is 11.6. The van der Waals surface area contributed by atoms with Crippen LogP contribution in [0, 0.1) is 5.41 Å². The first-order valence-electron chi connectivity index (χ1n) is 5.95. The van der Waals surface area contributed by atoms with Gasteiger partial charge in [-0.25, -0.2) is 0 Å². The van der Waals surface area contributed by atoms with Gasteiger partial charge in [0, 0.05) is 18.5 Å². The van der Waals surface area contributed by atoms with Crippen LogP contribution in [0.25, 0.3) is 0 Å². The van der Waals surface area contributed by atoms with Crippen molar-refractivity contribution in [2.45, 2.75) is 40.7 Å². The van der Waals surface area contributed by atoms with Gasteiger partial charge < -0.3 is 4.74 Å². The van der Waals surface area contributed by atoms with Gasteiger partial charge in [0.2, 0.25) is 0 Å². The molecule has 5 heteroatoms. The fraction of sp³-hybridized carbons (Fsp3) is 0.615. The van der Waals surface area contributed by atoms with E-state index in [0.29, 0.717) is 5.69 Å². The molecule has 0 spiro atoms. The van der Waals surface area contributed by atoms with Crippen LogP contribution in [0.5, 0.6) is 0 Å². The van der Waals surface area contributed by atoms with E-state index in [-0.39, 0.29) is 24.4 Å². The largest absolute Gasteiger partial charge is 0.464 e. The van der Waals surface area contributed by atoms with Crippen molar-refractivity contribution in [1.29, 1.82) is 0 Å². The predicted molar refractivity (Wildman–Crippen MR) is 67.4 cm³/mol. The first-order valence-corrected chi connectivity index (χ1v) is 5.95. The maximum Gasteiger partial charge on any atom is 0.302 e. The third kappa shape index (κ3) is 3.42. The minimum atomic E-state index is -0.459. The minimum Gasteiger partial charge on any atom is -0.464 e. The monoisotopic (exact) mass is 252 g/mol. The highest BCUT2D eigenvalue weighted by molar-refractivity contribution is 5.98. The summed E-state index contributed by atoms with van der Waals surface area (Å²) in [6, 6.07) is 1.53. The normalized spacial score (nSPS) is 13.2. The van der Waals surface area contributed by atoms with Crippen LogP contribution < -0.4 is 0 Å². The Balaban J connectivity index is 2.89. The van der Waals surface area contributed by atoms with Crippen LogP contribution in [0.1, 0.15) is 51.1 Å². The molecule has 1 unspecified atom stereocenters. The topological polar surface area (TPSA) is 61.2 Å². The molecule has 0 amide bonds. The molecule has 0 aliphatic heterocycles. The van der Waals surface area contributed by atoms with Crippen molar-refractivity contribution in [3.8, 4) is 0 Å². The van der Waals surface area contributed by atoms with E-state index in [2.05, 4.69) is 5.10 Å². The number of esters is 1. The number of ether oxygens (including phenoxy) is 1. The van der Waals surface area contributed by atoms with Crippen LogP contribution in [0.2, 0.25) is 0 Å². The molecule has 0 aliphatic carbocycles. The minimum absolute atomic E-state index is 0.0228. The van der Waals surface area contributed by atoms with Crippen LogP contribution >= 0.6 is 0 Å². The van der Waals surface area contributed by atoms with Crippen molar-refractivity contribution in [3.63, 3.8) is 0 Å². The Morgan fingerprint density at radius 2 is 2.06 bits per heavy atom. The van der Waals surface area contributed by atoms with Crippen LogP contribution in [0.4, 0.5) is 0 Å². The number of ketones is 1. The standard InChI is InChI=1S/C13H20N2O3/c1-9(8-18-10(2)16)15-11(6-7-14-15)12(17)13(3,4)5/h6-7,9H,8H2,1-5H3. The molecule has 0 N–H and O–H groups in total. The SMILES string of the molecule is CC(=O)OCC(C)n1nccc1C(=O)C(C)(C)C. The van der Waals surface area contributed by atoms with E-state index >= 15 is 0 Å².